The molecule has 1 aliphatic heterocycles. The molecule has 9 heteroatoms. The Morgan fingerprint density at radius 1 is 0.971 bits per heavy atom. The van der Waals surface area contributed by atoms with Crippen LogP contribution in [0.3, 0.4) is 0 Å². The second-order valence-corrected chi connectivity index (χ2v) is 10.3. The summed E-state index contributed by atoms with van der Waals surface area (Å²) in [6.07, 6.45) is 1.06. The van der Waals surface area contributed by atoms with Crippen LogP contribution in [0.2, 0.25) is 0 Å². The zero-order valence-electron chi connectivity index (χ0n) is 18.9. The third kappa shape index (κ3) is 5.06. The molecule has 178 valence electrons. The summed E-state index contributed by atoms with van der Waals surface area (Å²) >= 11 is 3.38. The van der Waals surface area contributed by atoms with Crippen molar-refractivity contribution in [1.29, 1.82) is 0 Å². The van der Waals surface area contributed by atoms with Gasteiger partial charge in [0.2, 0.25) is 5.78 Å². The maximum absolute atomic E-state index is 13.7. The highest BCUT2D eigenvalue weighted by molar-refractivity contribution is 9.10. The summed E-state index contributed by atoms with van der Waals surface area (Å²) in [6.45, 7) is 1.86. The number of ketones is 1. The second kappa shape index (κ2) is 9.89. The quantitative estimate of drug-likeness (QED) is 0.356. The summed E-state index contributed by atoms with van der Waals surface area (Å²) in [5.41, 5.74) is 1.95. The Morgan fingerprint density at radius 2 is 1.60 bits per heavy atom. The van der Waals surface area contributed by atoms with Crippen molar-refractivity contribution in [2.24, 2.45) is 0 Å². The number of nitrogens with one attached hydrogen (secondary N) is 1. The van der Waals surface area contributed by atoms with Gasteiger partial charge in [-0.25, -0.2) is 13.2 Å². The minimum absolute atomic E-state index is 0.0132. The second-order valence-electron chi connectivity index (χ2n) is 7.70. The van der Waals surface area contributed by atoms with Crippen LogP contribution < -0.4 is 9.62 Å². The number of esters is 1. The third-order valence-electron chi connectivity index (χ3n) is 5.33. The number of ether oxygens (including phenoxy) is 1. The molecule has 0 bridgehead atoms. The van der Waals surface area contributed by atoms with Crippen LogP contribution in [0, 0.1) is 6.92 Å². The molecule has 3 aromatic carbocycles. The summed E-state index contributed by atoms with van der Waals surface area (Å²) in [4.78, 5) is 27.3. The number of anilines is 1. The SMILES string of the molecule is COC(=O)/C=C1\C(=O)C(c2ccccc2)=C(NS(=O)(=O)c2ccc(C)cc2)N1c1ccc(Br)cc1. The predicted molar refractivity (Wildman–Crippen MR) is 137 cm³/mol. The number of allylic oxidation sites excluding steroid dienone is 1. The van der Waals surface area contributed by atoms with Gasteiger partial charge in [0.25, 0.3) is 10.0 Å². The van der Waals surface area contributed by atoms with Crippen molar-refractivity contribution in [3.8, 4) is 0 Å². The number of methoxy groups -OCH3 is 1. The molecule has 1 N–H and O–H groups in total. The molecule has 0 aliphatic carbocycles. The summed E-state index contributed by atoms with van der Waals surface area (Å²) in [7, 11) is -2.88. The van der Waals surface area contributed by atoms with Gasteiger partial charge in [0.1, 0.15) is 11.5 Å². The van der Waals surface area contributed by atoms with Crippen molar-refractivity contribution >= 4 is 49.0 Å². The largest absolute Gasteiger partial charge is 0.466 e. The number of benzene rings is 3. The summed E-state index contributed by atoms with van der Waals surface area (Å²) in [6, 6.07) is 22.0. The highest BCUT2D eigenvalue weighted by Crippen LogP contribution is 2.38. The van der Waals surface area contributed by atoms with Gasteiger partial charge in [-0.3, -0.25) is 14.4 Å². The van der Waals surface area contributed by atoms with Crippen molar-refractivity contribution in [2.75, 3.05) is 12.0 Å². The van der Waals surface area contributed by atoms with E-state index >= 15 is 0 Å². The molecule has 0 atom stereocenters. The van der Waals surface area contributed by atoms with E-state index in [0.717, 1.165) is 16.1 Å². The molecule has 3 aromatic rings. The molecule has 1 heterocycles. The third-order valence-corrected chi connectivity index (χ3v) is 7.21. The van der Waals surface area contributed by atoms with Crippen molar-refractivity contribution in [2.45, 2.75) is 11.8 Å². The Hall–Kier alpha value is -3.69. The fourth-order valence-corrected chi connectivity index (χ4v) is 4.93. The van der Waals surface area contributed by atoms with Crippen molar-refractivity contribution in [3.05, 3.63) is 112 Å². The van der Waals surface area contributed by atoms with E-state index in [4.69, 9.17) is 4.74 Å². The van der Waals surface area contributed by atoms with Gasteiger partial charge < -0.3 is 4.74 Å². The normalized spacial score (nSPS) is 15.0. The highest BCUT2D eigenvalue weighted by Gasteiger charge is 2.39. The van der Waals surface area contributed by atoms with E-state index in [-0.39, 0.29) is 22.0 Å². The molecule has 1 aliphatic rings. The van der Waals surface area contributed by atoms with Crippen LogP contribution in [-0.4, -0.2) is 27.3 Å². The van der Waals surface area contributed by atoms with Crippen LogP contribution in [0.4, 0.5) is 5.69 Å². The van der Waals surface area contributed by atoms with E-state index in [9.17, 15) is 18.0 Å². The lowest BCUT2D eigenvalue weighted by atomic mass is 10.0. The van der Waals surface area contributed by atoms with Crippen LogP contribution in [0.1, 0.15) is 11.1 Å². The Morgan fingerprint density at radius 3 is 2.20 bits per heavy atom. The van der Waals surface area contributed by atoms with Gasteiger partial charge in [0, 0.05) is 10.2 Å². The molecule has 0 spiro atoms. The number of carbonyl (C=O) groups is 2. The average Bonchev–Trinajstić information content (AvgIpc) is 3.10. The first-order valence-corrected chi connectivity index (χ1v) is 12.8. The van der Waals surface area contributed by atoms with Gasteiger partial charge in [-0.2, -0.15) is 0 Å². The number of hydrogen-bond donors (Lipinski definition) is 1. The molecular formula is C26H21BrN2O5S. The van der Waals surface area contributed by atoms with Crippen LogP contribution in [0.25, 0.3) is 5.57 Å². The smallest absolute Gasteiger partial charge is 0.332 e. The van der Waals surface area contributed by atoms with E-state index in [1.54, 1.807) is 66.7 Å². The van der Waals surface area contributed by atoms with E-state index in [1.807, 2.05) is 6.92 Å². The molecule has 0 radical (unpaired) electrons. The maximum atomic E-state index is 13.7. The molecule has 4 rings (SSSR count). The molecule has 0 aromatic heterocycles. The topological polar surface area (TPSA) is 92.8 Å². The molecule has 35 heavy (non-hydrogen) atoms. The van der Waals surface area contributed by atoms with E-state index in [1.165, 1.54) is 24.1 Å². The Balaban J connectivity index is 1.96. The number of Topliss-reactive ketones (excluding diaryl/α,β-unsaturated/α-hetero) is 1. The van der Waals surface area contributed by atoms with Crippen molar-refractivity contribution in [3.63, 3.8) is 0 Å². The molecule has 0 saturated heterocycles. The fraction of sp³-hybridized carbons (Fsp3) is 0.0769. The fourth-order valence-electron chi connectivity index (χ4n) is 3.60. The van der Waals surface area contributed by atoms with Crippen molar-refractivity contribution < 1.29 is 22.7 Å². The van der Waals surface area contributed by atoms with E-state index in [2.05, 4.69) is 20.7 Å². The van der Waals surface area contributed by atoms with Gasteiger partial charge in [0.05, 0.1) is 23.7 Å². The molecule has 0 amide bonds. The molecule has 7 nitrogen and oxygen atoms in total. The minimum atomic E-state index is -4.09. The Labute approximate surface area is 211 Å². The minimum Gasteiger partial charge on any atom is -0.466 e. The number of aryl methyl sites for hydroxylation is 1. The summed E-state index contributed by atoms with van der Waals surface area (Å²) < 4.78 is 35.0. The first-order valence-electron chi connectivity index (χ1n) is 10.5. The lowest BCUT2D eigenvalue weighted by Gasteiger charge is -2.24. The number of sulfonamides is 1. The van der Waals surface area contributed by atoms with Crippen LogP contribution in [0.15, 0.2) is 106 Å². The van der Waals surface area contributed by atoms with Gasteiger partial charge in [0.15, 0.2) is 0 Å². The Kier molecular flexibility index (Phi) is 6.90. The molecule has 0 fully saturated rings. The van der Waals surface area contributed by atoms with E-state index in [0.29, 0.717) is 11.3 Å². The number of halogens is 1. The summed E-state index contributed by atoms with van der Waals surface area (Å²) in [5, 5.41) is 0. The van der Waals surface area contributed by atoms with Crippen molar-refractivity contribution in [1.82, 2.24) is 4.72 Å². The number of carbonyl (C=O) groups excluding carboxylic acids is 2. The zero-order valence-corrected chi connectivity index (χ0v) is 21.3. The van der Waals surface area contributed by atoms with E-state index < -0.39 is 21.8 Å². The lowest BCUT2D eigenvalue weighted by Crippen LogP contribution is -2.33. The summed E-state index contributed by atoms with van der Waals surface area (Å²) in [5.74, 6) is -1.25. The maximum Gasteiger partial charge on any atom is 0.332 e. The lowest BCUT2D eigenvalue weighted by molar-refractivity contribution is -0.135. The Bertz CT molecular complexity index is 1450. The molecule has 0 unspecified atom stereocenters. The molecular weight excluding hydrogens is 532 g/mol. The van der Waals surface area contributed by atoms with Gasteiger partial charge >= 0.3 is 5.97 Å². The number of nitrogens with zero attached hydrogens (tertiary/aromatic N) is 1. The zero-order chi connectivity index (χ0) is 25.2. The number of hydrogen-bond acceptors (Lipinski definition) is 6. The van der Waals surface area contributed by atoms with Gasteiger partial charge in [-0.15, -0.1) is 0 Å². The average molecular weight is 553 g/mol. The molecule has 0 saturated carbocycles. The highest BCUT2D eigenvalue weighted by atomic mass is 79.9. The standard InChI is InChI=1S/C26H21BrN2O5S/c1-17-8-14-21(15-9-17)35(32,33)28-26-24(18-6-4-3-5-7-18)25(31)22(16-23(30)34-2)29(26)20-12-10-19(27)11-13-20/h3-16,28H,1-2H3/b22-16+. The van der Waals surface area contributed by atoms with Crippen LogP contribution in [0.5, 0.6) is 0 Å². The van der Waals surface area contributed by atoms with Gasteiger partial charge in [-0.05, 0) is 48.9 Å². The number of rotatable bonds is 6. The predicted octanol–water partition coefficient (Wildman–Crippen LogP) is 4.55. The van der Waals surface area contributed by atoms with Gasteiger partial charge in [-0.1, -0.05) is 64.0 Å². The monoisotopic (exact) mass is 552 g/mol. The van der Waals surface area contributed by atoms with Crippen LogP contribution in [-0.2, 0) is 24.3 Å². The first kappa shape index (κ1) is 24.4. The van der Waals surface area contributed by atoms with Crippen LogP contribution >= 0.6 is 15.9 Å². The first-order chi connectivity index (χ1) is 16.7.